The molecule has 0 saturated heterocycles. The highest BCUT2D eigenvalue weighted by atomic mass is 35.5. The van der Waals surface area contributed by atoms with Crippen LogP contribution in [0.2, 0.25) is 5.02 Å². The summed E-state index contributed by atoms with van der Waals surface area (Å²) in [5.41, 5.74) is 0. The summed E-state index contributed by atoms with van der Waals surface area (Å²) in [6, 6.07) is 0.670. The molecule has 0 aromatic heterocycles. The van der Waals surface area contributed by atoms with Crippen LogP contribution in [-0.2, 0) is 20.2 Å². The van der Waals surface area contributed by atoms with Gasteiger partial charge in [0, 0.05) is 6.07 Å². The molecule has 0 aliphatic rings. The molecule has 0 bridgehead atoms. The first-order chi connectivity index (χ1) is 8.54. The summed E-state index contributed by atoms with van der Waals surface area (Å²) in [6.07, 6.45) is 0. The molecule has 0 fully saturated rings. The first-order valence-corrected chi connectivity index (χ1v) is 7.69. The molecule has 19 heavy (non-hydrogen) atoms. The van der Waals surface area contributed by atoms with Crippen molar-refractivity contribution in [3.8, 4) is 11.5 Å². The standard InChI is InChI=1S/C8H9ClO8S2/c1-16-4-3-5(18(10,11)12)8(19(13,14)15)6(9)7(4)17-2/h3H,1-2H3,(H,10,11,12)(H,13,14,15). The third-order valence-electron chi connectivity index (χ3n) is 2.07. The minimum absolute atomic E-state index is 0.229. The van der Waals surface area contributed by atoms with Gasteiger partial charge < -0.3 is 9.47 Å². The highest BCUT2D eigenvalue weighted by Gasteiger charge is 2.31. The van der Waals surface area contributed by atoms with Gasteiger partial charge in [-0.25, -0.2) is 0 Å². The topological polar surface area (TPSA) is 127 Å². The minimum Gasteiger partial charge on any atom is -0.493 e. The van der Waals surface area contributed by atoms with Crippen LogP contribution in [0.3, 0.4) is 0 Å². The fraction of sp³-hybridized carbons (Fsp3) is 0.250. The van der Waals surface area contributed by atoms with Crippen molar-refractivity contribution in [1.82, 2.24) is 0 Å². The van der Waals surface area contributed by atoms with Crippen molar-refractivity contribution in [1.29, 1.82) is 0 Å². The van der Waals surface area contributed by atoms with Gasteiger partial charge in [0.25, 0.3) is 20.2 Å². The molecule has 0 heterocycles. The Bertz CT molecular complexity index is 707. The summed E-state index contributed by atoms with van der Waals surface area (Å²) in [5, 5.41) is -0.725. The van der Waals surface area contributed by atoms with Gasteiger partial charge in [0.15, 0.2) is 11.5 Å². The zero-order chi connectivity index (χ0) is 15.0. The van der Waals surface area contributed by atoms with Gasteiger partial charge in [-0.2, -0.15) is 16.8 Å². The number of ether oxygens (including phenoxy) is 2. The fourth-order valence-electron chi connectivity index (χ4n) is 1.34. The molecule has 0 radical (unpaired) electrons. The molecule has 1 aromatic rings. The maximum Gasteiger partial charge on any atom is 0.297 e. The monoisotopic (exact) mass is 332 g/mol. The minimum atomic E-state index is -5.01. The molecule has 0 spiro atoms. The van der Waals surface area contributed by atoms with Crippen molar-refractivity contribution in [2.75, 3.05) is 14.2 Å². The van der Waals surface area contributed by atoms with Crippen molar-refractivity contribution < 1.29 is 35.4 Å². The maximum atomic E-state index is 11.2. The molecule has 0 unspecified atom stereocenters. The Hall–Kier alpha value is -1.07. The Morgan fingerprint density at radius 1 is 1.05 bits per heavy atom. The van der Waals surface area contributed by atoms with E-state index in [2.05, 4.69) is 0 Å². The lowest BCUT2D eigenvalue weighted by molar-refractivity contribution is 0.351. The summed E-state index contributed by atoms with van der Waals surface area (Å²) in [5.74, 6) is -0.531. The second kappa shape index (κ2) is 5.13. The van der Waals surface area contributed by atoms with E-state index in [-0.39, 0.29) is 11.5 Å². The number of hydrogen-bond donors (Lipinski definition) is 2. The van der Waals surface area contributed by atoms with E-state index in [0.717, 1.165) is 14.2 Å². The molecular weight excluding hydrogens is 324 g/mol. The van der Waals surface area contributed by atoms with Crippen LogP contribution in [0.4, 0.5) is 0 Å². The van der Waals surface area contributed by atoms with Gasteiger partial charge in [-0.15, -0.1) is 0 Å². The Balaban J connectivity index is 3.99. The van der Waals surface area contributed by atoms with E-state index in [1.54, 1.807) is 0 Å². The average molecular weight is 333 g/mol. The Morgan fingerprint density at radius 2 is 1.58 bits per heavy atom. The zero-order valence-corrected chi connectivity index (χ0v) is 12.0. The Labute approximate surface area is 114 Å². The van der Waals surface area contributed by atoms with E-state index in [1.165, 1.54) is 0 Å². The third kappa shape index (κ3) is 3.09. The van der Waals surface area contributed by atoms with Gasteiger partial charge in [0.2, 0.25) is 0 Å². The van der Waals surface area contributed by atoms with Crippen molar-refractivity contribution in [3.05, 3.63) is 11.1 Å². The highest BCUT2D eigenvalue weighted by Crippen LogP contribution is 2.43. The predicted octanol–water partition coefficient (Wildman–Crippen LogP) is 0.851. The van der Waals surface area contributed by atoms with Gasteiger partial charge in [-0.3, -0.25) is 9.11 Å². The van der Waals surface area contributed by atoms with Gasteiger partial charge >= 0.3 is 0 Å². The number of methoxy groups -OCH3 is 2. The fourth-order valence-corrected chi connectivity index (χ4v) is 3.82. The quantitative estimate of drug-likeness (QED) is 0.777. The summed E-state index contributed by atoms with van der Waals surface area (Å²) < 4.78 is 72.2. The Morgan fingerprint density at radius 3 is 1.89 bits per heavy atom. The first-order valence-electron chi connectivity index (χ1n) is 4.43. The van der Waals surface area contributed by atoms with Gasteiger partial charge in [-0.05, 0) is 0 Å². The molecule has 0 aliphatic carbocycles. The number of rotatable bonds is 4. The van der Waals surface area contributed by atoms with Crippen LogP contribution in [0, 0.1) is 0 Å². The lowest BCUT2D eigenvalue weighted by Crippen LogP contribution is -2.10. The molecule has 108 valence electrons. The molecule has 11 heteroatoms. The lowest BCUT2D eigenvalue weighted by Gasteiger charge is -2.14. The summed E-state index contributed by atoms with van der Waals surface area (Å²) in [7, 11) is -7.69. The summed E-state index contributed by atoms with van der Waals surface area (Å²) >= 11 is 5.67. The molecule has 1 rings (SSSR count). The van der Waals surface area contributed by atoms with Crippen molar-refractivity contribution in [3.63, 3.8) is 0 Å². The molecule has 1 aromatic carbocycles. The van der Waals surface area contributed by atoms with E-state index >= 15 is 0 Å². The number of benzene rings is 1. The van der Waals surface area contributed by atoms with Crippen LogP contribution in [0.15, 0.2) is 15.9 Å². The highest BCUT2D eigenvalue weighted by molar-refractivity contribution is 7.89. The SMILES string of the molecule is COc1cc(S(=O)(=O)O)c(S(=O)(=O)O)c(Cl)c1OC. The predicted molar refractivity (Wildman–Crippen MR) is 64.2 cm³/mol. The Kier molecular flexibility index (Phi) is 4.32. The molecular formula is C8H9ClO8S2. The van der Waals surface area contributed by atoms with Gasteiger partial charge in [-0.1, -0.05) is 11.6 Å². The average Bonchev–Trinajstić information content (AvgIpc) is 2.24. The van der Waals surface area contributed by atoms with E-state index in [9.17, 15) is 16.8 Å². The van der Waals surface area contributed by atoms with Crippen LogP contribution >= 0.6 is 11.6 Å². The summed E-state index contributed by atoms with van der Waals surface area (Å²) in [6.45, 7) is 0. The summed E-state index contributed by atoms with van der Waals surface area (Å²) in [4.78, 5) is -2.30. The zero-order valence-electron chi connectivity index (χ0n) is 9.62. The van der Waals surface area contributed by atoms with Crippen LogP contribution < -0.4 is 9.47 Å². The van der Waals surface area contributed by atoms with E-state index in [1.807, 2.05) is 0 Å². The molecule has 8 nitrogen and oxygen atoms in total. The molecule has 0 amide bonds. The van der Waals surface area contributed by atoms with Gasteiger partial charge in [0.1, 0.15) is 14.8 Å². The van der Waals surface area contributed by atoms with E-state index in [0.29, 0.717) is 6.07 Å². The lowest BCUT2D eigenvalue weighted by atomic mass is 10.3. The molecule has 2 N–H and O–H groups in total. The van der Waals surface area contributed by atoms with Crippen molar-refractivity contribution in [2.45, 2.75) is 9.79 Å². The smallest absolute Gasteiger partial charge is 0.297 e. The van der Waals surface area contributed by atoms with Gasteiger partial charge in [0.05, 0.1) is 14.2 Å². The van der Waals surface area contributed by atoms with Crippen LogP contribution in [0.5, 0.6) is 11.5 Å². The largest absolute Gasteiger partial charge is 0.493 e. The van der Waals surface area contributed by atoms with Crippen molar-refractivity contribution in [2.24, 2.45) is 0 Å². The van der Waals surface area contributed by atoms with Crippen LogP contribution in [-0.4, -0.2) is 40.2 Å². The first kappa shape index (κ1) is 16.0. The number of hydrogen-bond acceptors (Lipinski definition) is 6. The second-order valence-electron chi connectivity index (χ2n) is 3.20. The number of halogens is 1. The molecule has 0 saturated carbocycles. The van der Waals surface area contributed by atoms with Crippen LogP contribution in [0.1, 0.15) is 0 Å². The normalized spacial score (nSPS) is 12.3. The second-order valence-corrected chi connectivity index (χ2v) is 6.33. The molecule has 0 aliphatic heterocycles. The maximum absolute atomic E-state index is 11.2. The molecule has 0 atom stereocenters. The third-order valence-corrected chi connectivity index (χ3v) is 4.49. The van der Waals surface area contributed by atoms with Crippen molar-refractivity contribution >= 4 is 31.8 Å². The van der Waals surface area contributed by atoms with Crippen LogP contribution in [0.25, 0.3) is 0 Å². The van der Waals surface area contributed by atoms with E-state index in [4.69, 9.17) is 30.2 Å². The van der Waals surface area contributed by atoms with E-state index < -0.39 is 35.0 Å².